The highest BCUT2D eigenvalue weighted by molar-refractivity contribution is 5.94. The molecule has 1 aromatic rings. The van der Waals surface area contributed by atoms with Crippen molar-refractivity contribution in [3.63, 3.8) is 0 Å². The highest BCUT2D eigenvalue weighted by Crippen LogP contribution is 2.19. The van der Waals surface area contributed by atoms with E-state index in [1.165, 1.54) is 11.1 Å². The topological polar surface area (TPSA) is 57.6 Å². The first-order valence-electron chi connectivity index (χ1n) is 6.58. The van der Waals surface area contributed by atoms with Gasteiger partial charge in [-0.1, -0.05) is 12.1 Å². The molecule has 102 valence electrons. The molecule has 19 heavy (non-hydrogen) atoms. The van der Waals surface area contributed by atoms with Crippen molar-refractivity contribution in [3.8, 4) is 0 Å². The van der Waals surface area contributed by atoms with E-state index in [1.807, 2.05) is 23.1 Å². The normalized spacial score (nSPS) is 17.4. The average molecular weight is 261 g/mol. The number of ketones is 1. The Morgan fingerprint density at radius 1 is 1.21 bits per heavy atom. The summed E-state index contributed by atoms with van der Waals surface area (Å²) in [6.45, 7) is 4.76. The zero-order chi connectivity index (χ0) is 14.0. The minimum Gasteiger partial charge on any atom is -0.480 e. The van der Waals surface area contributed by atoms with E-state index >= 15 is 0 Å². The molecule has 0 radical (unpaired) electrons. The molecule has 0 aliphatic carbocycles. The zero-order valence-electron chi connectivity index (χ0n) is 11.3. The summed E-state index contributed by atoms with van der Waals surface area (Å²) in [5.74, 6) is -0.710. The first kappa shape index (κ1) is 13.7. The van der Waals surface area contributed by atoms with Gasteiger partial charge >= 0.3 is 5.97 Å². The van der Waals surface area contributed by atoms with Gasteiger partial charge < -0.3 is 5.11 Å². The maximum absolute atomic E-state index is 11.4. The summed E-state index contributed by atoms with van der Waals surface area (Å²) in [6.07, 6.45) is 1.64. The largest absolute Gasteiger partial charge is 0.480 e. The van der Waals surface area contributed by atoms with Crippen LogP contribution in [0.15, 0.2) is 18.2 Å². The smallest absolute Gasteiger partial charge is 0.320 e. The van der Waals surface area contributed by atoms with Crippen LogP contribution in [-0.2, 0) is 17.6 Å². The number of benzene rings is 1. The third-order valence-electron chi connectivity index (χ3n) is 3.85. The number of carbonyl (C=O) groups excluding carboxylic acids is 1. The van der Waals surface area contributed by atoms with Crippen molar-refractivity contribution in [1.82, 2.24) is 4.90 Å². The Hall–Kier alpha value is -1.68. The predicted octanol–water partition coefficient (Wildman–Crippen LogP) is 1.76. The van der Waals surface area contributed by atoms with Gasteiger partial charge in [0.15, 0.2) is 5.78 Å². The maximum Gasteiger partial charge on any atom is 0.320 e. The molecule has 2 rings (SSSR count). The van der Waals surface area contributed by atoms with Crippen LogP contribution in [0.4, 0.5) is 0 Å². The fourth-order valence-corrected chi connectivity index (χ4v) is 2.50. The van der Waals surface area contributed by atoms with Crippen LogP contribution < -0.4 is 0 Å². The Kier molecular flexibility index (Phi) is 4.00. The molecule has 1 N–H and O–H groups in total. The van der Waals surface area contributed by atoms with Crippen molar-refractivity contribution in [2.24, 2.45) is 0 Å². The first-order valence-corrected chi connectivity index (χ1v) is 6.58. The maximum atomic E-state index is 11.4. The van der Waals surface area contributed by atoms with Gasteiger partial charge in [0.2, 0.25) is 0 Å². The van der Waals surface area contributed by atoms with E-state index in [0.29, 0.717) is 0 Å². The van der Waals surface area contributed by atoms with E-state index in [-0.39, 0.29) is 5.78 Å². The predicted molar refractivity (Wildman–Crippen MR) is 72.5 cm³/mol. The fraction of sp³-hybridized carbons (Fsp3) is 0.467. The molecule has 0 saturated carbocycles. The minimum atomic E-state index is -0.782. The molecule has 4 nitrogen and oxygen atoms in total. The summed E-state index contributed by atoms with van der Waals surface area (Å²) in [5.41, 5.74) is 3.14. The third kappa shape index (κ3) is 3.01. The van der Waals surface area contributed by atoms with E-state index in [9.17, 15) is 9.59 Å². The second-order valence-corrected chi connectivity index (χ2v) is 5.09. The van der Waals surface area contributed by atoms with Gasteiger partial charge in [0, 0.05) is 18.7 Å². The van der Waals surface area contributed by atoms with Crippen LogP contribution in [0.2, 0.25) is 0 Å². The molecule has 0 amide bonds. The molecule has 0 bridgehead atoms. The van der Waals surface area contributed by atoms with Crippen LogP contribution in [0.5, 0.6) is 0 Å². The quantitative estimate of drug-likeness (QED) is 0.842. The van der Waals surface area contributed by atoms with Crippen LogP contribution >= 0.6 is 0 Å². The highest BCUT2D eigenvalue weighted by Gasteiger charge is 2.23. The summed E-state index contributed by atoms with van der Waals surface area (Å²) in [7, 11) is 0. The molecule has 1 aliphatic heterocycles. The van der Waals surface area contributed by atoms with Crippen LogP contribution in [0.3, 0.4) is 0 Å². The van der Waals surface area contributed by atoms with Gasteiger partial charge in [-0.15, -0.1) is 0 Å². The summed E-state index contributed by atoms with van der Waals surface area (Å²) in [4.78, 5) is 24.4. The number of nitrogens with zero attached hydrogens (tertiary/aromatic N) is 1. The average Bonchev–Trinajstić information content (AvgIpc) is 2.59. The number of carboxylic acids is 1. The SMILES string of the molecule is CC(=O)c1ccc2c(c1)CCN(C(C)C(=O)O)CC2. The van der Waals surface area contributed by atoms with Gasteiger partial charge in [-0.2, -0.15) is 0 Å². The van der Waals surface area contributed by atoms with Gasteiger partial charge in [-0.25, -0.2) is 0 Å². The Bertz CT molecular complexity index is 510. The lowest BCUT2D eigenvalue weighted by molar-refractivity contribution is -0.142. The zero-order valence-corrected chi connectivity index (χ0v) is 11.3. The Morgan fingerprint density at radius 2 is 1.84 bits per heavy atom. The lowest BCUT2D eigenvalue weighted by Gasteiger charge is -2.23. The molecule has 4 heteroatoms. The molecule has 1 heterocycles. The third-order valence-corrected chi connectivity index (χ3v) is 3.85. The number of hydrogen-bond acceptors (Lipinski definition) is 3. The van der Waals surface area contributed by atoms with Gasteiger partial charge in [0.1, 0.15) is 6.04 Å². The Morgan fingerprint density at radius 3 is 2.42 bits per heavy atom. The van der Waals surface area contributed by atoms with Gasteiger partial charge in [0.25, 0.3) is 0 Å². The van der Waals surface area contributed by atoms with Crippen molar-refractivity contribution in [2.45, 2.75) is 32.7 Å². The number of carbonyl (C=O) groups is 2. The highest BCUT2D eigenvalue weighted by atomic mass is 16.4. The summed E-state index contributed by atoms with van der Waals surface area (Å²) < 4.78 is 0. The number of aliphatic carboxylic acids is 1. The van der Waals surface area contributed by atoms with E-state index < -0.39 is 12.0 Å². The molecule has 1 unspecified atom stereocenters. The molecule has 1 aromatic carbocycles. The van der Waals surface area contributed by atoms with Crippen molar-refractivity contribution in [2.75, 3.05) is 13.1 Å². The fourth-order valence-electron chi connectivity index (χ4n) is 2.50. The summed E-state index contributed by atoms with van der Waals surface area (Å²) in [6, 6.07) is 5.35. The van der Waals surface area contributed by atoms with Crippen molar-refractivity contribution >= 4 is 11.8 Å². The number of fused-ring (bicyclic) bond motifs is 1. The van der Waals surface area contributed by atoms with Crippen molar-refractivity contribution in [3.05, 3.63) is 34.9 Å². The van der Waals surface area contributed by atoms with Gasteiger partial charge in [-0.05, 0) is 43.9 Å². The van der Waals surface area contributed by atoms with E-state index in [2.05, 4.69) is 0 Å². The Balaban J connectivity index is 2.18. The van der Waals surface area contributed by atoms with E-state index in [0.717, 1.165) is 31.5 Å². The lowest BCUT2D eigenvalue weighted by atomic mass is 9.99. The molecule has 1 atom stereocenters. The van der Waals surface area contributed by atoms with Crippen molar-refractivity contribution < 1.29 is 14.7 Å². The number of rotatable bonds is 3. The molecule has 0 fully saturated rings. The second kappa shape index (κ2) is 5.53. The summed E-state index contributed by atoms with van der Waals surface area (Å²) >= 11 is 0. The van der Waals surface area contributed by atoms with Crippen LogP contribution in [0.1, 0.15) is 35.3 Å². The molecule has 0 saturated heterocycles. The lowest BCUT2D eigenvalue weighted by Crippen LogP contribution is -2.40. The van der Waals surface area contributed by atoms with Crippen LogP contribution in [-0.4, -0.2) is 40.9 Å². The monoisotopic (exact) mass is 261 g/mol. The molecular weight excluding hydrogens is 242 g/mol. The second-order valence-electron chi connectivity index (χ2n) is 5.09. The minimum absolute atomic E-state index is 0.0720. The summed E-state index contributed by atoms with van der Waals surface area (Å²) in [5, 5.41) is 9.07. The number of Topliss-reactive ketones (excluding diaryl/α,β-unsaturated/α-hetero) is 1. The molecule has 0 aromatic heterocycles. The first-order chi connectivity index (χ1) is 8.99. The van der Waals surface area contributed by atoms with E-state index in [1.54, 1.807) is 13.8 Å². The standard InChI is InChI=1S/C15H19NO3/c1-10(15(18)19)16-7-5-12-3-4-13(11(2)17)9-14(12)6-8-16/h3-4,9-10H,5-8H2,1-2H3,(H,18,19). The molecular formula is C15H19NO3. The van der Waals surface area contributed by atoms with Gasteiger partial charge in [-0.3, -0.25) is 14.5 Å². The number of carboxylic acid groups (broad SMARTS) is 1. The Labute approximate surface area is 113 Å². The molecule has 1 aliphatic rings. The number of hydrogen-bond donors (Lipinski definition) is 1. The van der Waals surface area contributed by atoms with Crippen molar-refractivity contribution in [1.29, 1.82) is 0 Å². The van der Waals surface area contributed by atoms with E-state index in [4.69, 9.17) is 5.11 Å². The van der Waals surface area contributed by atoms with Crippen LogP contribution in [0, 0.1) is 0 Å². The van der Waals surface area contributed by atoms with Gasteiger partial charge in [0.05, 0.1) is 0 Å². The molecule has 0 spiro atoms. The van der Waals surface area contributed by atoms with Crippen LogP contribution in [0.25, 0.3) is 0 Å².